The van der Waals surface area contributed by atoms with Crippen LogP contribution >= 0.6 is 0 Å². The van der Waals surface area contributed by atoms with E-state index in [0.717, 1.165) is 27.6 Å². The molecule has 1 aromatic heterocycles. The second kappa shape index (κ2) is 13.7. The molecule has 0 radical (unpaired) electrons. The molecule has 244 valence electrons. The first kappa shape index (κ1) is 31.0. The third-order valence-corrected chi connectivity index (χ3v) is 9.52. The molecule has 3 heteroatoms. The molecule has 52 heavy (non-hydrogen) atoms. The van der Waals surface area contributed by atoms with Crippen molar-refractivity contribution >= 4 is 10.8 Å². The summed E-state index contributed by atoms with van der Waals surface area (Å²) in [4.78, 5) is 15.1. The van der Waals surface area contributed by atoms with E-state index in [1.54, 1.807) is 0 Å². The predicted octanol–water partition coefficient (Wildman–Crippen LogP) is 12.7. The number of rotatable bonds is 7. The van der Waals surface area contributed by atoms with Crippen molar-refractivity contribution in [3.8, 4) is 78.7 Å². The third kappa shape index (κ3) is 6.17. The molecule has 0 atom stereocenters. The monoisotopic (exact) mass is 663 g/mol. The largest absolute Gasteiger partial charge is 0.208 e. The molecule has 0 fully saturated rings. The fraction of sp³-hybridized carbons (Fsp3) is 0. The van der Waals surface area contributed by atoms with Crippen molar-refractivity contribution in [1.82, 2.24) is 15.0 Å². The second-order valence-corrected chi connectivity index (χ2v) is 12.9. The Morgan fingerprint density at radius 3 is 1.15 bits per heavy atom. The Balaban J connectivity index is 1.21. The van der Waals surface area contributed by atoms with E-state index in [9.17, 15) is 0 Å². The maximum absolute atomic E-state index is 5.06. The van der Waals surface area contributed by atoms with Gasteiger partial charge in [-0.15, -0.1) is 0 Å². The average molecular weight is 664 g/mol. The summed E-state index contributed by atoms with van der Waals surface area (Å²) in [6, 6.07) is 70.2. The topological polar surface area (TPSA) is 38.7 Å². The third-order valence-electron chi connectivity index (χ3n) is 9.52. The van der Waals surface area contributed by atoms with E-state index >= 15 is 0 Å². The van der Waals surface area contributed by atoms with E-state index < -0.39 is 0 Å². The Labute approximate surface area is 303 Å². The summed E-state index contributed by atoms with van der Waals surface area (Å²) >= 11 is 0. The highest BCUT2D eigenvalue weighted by molar-refractivity contribution is 5.98. The Morgan fingerprint density at radius 1 is 0.231 bits per heavy atom. The summed E-state index contributed by atoms with van der Waals surface area (Å²) in [5.41, 5.74) is 12.2. The first-order chi connectivity index (χ1) is 25.8. The van der Waals surface area contributed by atoms with Crippen LogP contribution in [0.1, 0.15) is 0 Å². The highest BCUT2D eigenvalue weighted by Crippen LogP contribution is 2.43. The lowest BCUT2D eigenvalue weighted by atomic mass is 9.84. The van der Waals surface area contributed by atoms with Crippen LogP contribution in [-0.4, -0.2) is 15.0 Å². The van der Waals surface area contributed by atoms with Gasteiger partial charge in [0.1, 0.15) is 0 Å². The van der Waals surface area contributed by atoms with E-state index in [2.05, 4.69) is 170 Å². The van der Waals surface area contributed by atoms with Gasteiger partial charge in [-0.05, 0) is 73.5 Å². The van der Waals surface area contributed by atoms with E-state index in [1.807, 2.05) is 30.3 Å². The summed E-state index contributed by atoms with van der Waals surface area (Å²) in [5, 5.41) is 2.33. The van der Waals surface area contributed by atoms with E-state index in [-0.39, 0.29) is 0 Å². The second-order valence-electron chi connectivity index (χ2n) is 12.9. The zero-order valence-corrected chi connectivity index (χ0v) is 28.4. The summed E-state index contributed by atoms with van der Waals surface area (Å²) in [6.45, 7) is 0. The smallest absolute Gasteiger partial charge is 0.164 e. The lowest BCUT2D eigenvalue weighted by Crippen LogP contribution is -2.00. The van der Waals surface area contributed by atoms with Gasteiger partial charge in [-0.2, -0.15) is 0 Å². The molecule has 0 aliphatic carbocycles. The molecule has 3 nitrogen and oxygen atoms in total. The fourth-order valence-corrected chi connectivity index (χ4v) is 6.91. The van der Waals surface area contributed by atoms with Gasteiger partial charge in [0, 0.05) is 16.7 Å². The molecule has 9 aromatic rings. The Bertz CT molecular complexity index is 2580. The average Bonchev–Trinajstić information content (AvgIpc) is 3.24. The van der Waals surface area contributed by atoms with Gasteiger partial charge in [-0.25, -0.2) is 15.0 Å². The summed E-state index contributed by atoms with van der Waals surface area (Å²) < 4.78 is 0. The van der Waals surface area contributed by atoms with Gasteiger partial charge in [0.05, 0.1) is 0 Å². The Kier molecular flexibility index (Phi) is 8.20. The predicted molar refractivity (Wildman–Crippen MR) is 215 cm³/mol. The highest BCUT2D eigenvalue weighted by atomic mass is 15.0. The number of nitrogens with zero attached hydrogens (tertiary/aromatic N) is 3. The SMILES string of the molecule is c1ccc(-c2cc(-c3ccccc3)c(-c3ccc(-c4nc(-c5ccccc5)nc(-c5ccc6ccccc6c5)n4)cc3)c(-c3ccccc3)c2)cc1. The van der Waals surface area contributed by atoms with Crippen LogP contribution in [0.25, 0.3) is 89.4 Å². The van der Waals surface area contributed by atoms with Crippen molar-refractivity contribution in [1.29, 1.82) is 0 Å². The van der Waals surface area contributed by atoms with Crippen molar-refractivity contribution in [3.63, 3.8) is 0 Å². The molecule has 0 spiro atoms. The molecule has 0 saturated carbocycles. The van der Waals surface area contributed by atoms with Crippen molar-refractivity contribution in [2.24, 2.45) is 0 Å². The summed E-state index contributed by atoms with van der Waals surface area (Å²) in [5.74, 6) is 1.93. The van der Waals surface area contributed by atoms with Gasteiger partial charge >= 0.3 is 0 Å². The van der Waals surface area contributed by atoms with E-state index in [4.69, 9.17) is 15.0 Å². The highest BCUT2D eigenvalue weighted by Gasteiger charge is 2.18. The first-order valence-corrected chi connectivity index (χ1v) is 17.5. The van der Waals surface area contributed by atoms with Crippen LogP contribution in [0.3, 0.4) is 0 Å². The van der Waals surface area contributed by atoms with Gasteiger partial charge in [-0.3, -0.25) is 0 Å². The van der Waals surface area contributed by atoms with Crippen LogP contribution < -0.4 is 0 Å². The molecule has 0 bridgehead atoms. The Hall–Kier alpha value is -6.97. The van der Waals surface area contributed by atoms with Gasteiger partial charge in [0.25, 0.3) is 0 Å². The minimum atomic E-state index is 0.634. The quantitative estimate of drug-likeness (QED) is 0.170. The van der Waals surface area contributed by atoms with E-state index in [0.29, 0.717) is 17.5 Å². The maximum atomic E-state index is 5.06. The number of hydrogen-bond donors (Lipinski definition) is 0. The van der Waals surface area contributed by atoms with E-state index in [1.165, 1.54) is 44.3 Å². The number of fused-ring (bicyclic) bond motifs is 1. The number of benzene rings is 8. The normalized spacial score (nSPS) is 11.1. The molecule has 1 heterocycles. The zero-order valence-electron chi connectivity index (χ0n) is 28.4. The van der Waals surface area contributed by atoms with Gasteiger partial charge < -0.3 is 0 Å². The molecular formula is C49H33N3. The van der Waals surface area contributed by atoms with Crippen LogP contribution in [-0.2, 0) is 0 Å². The van der Waals surface area contributed by atoms with Crippen LogP contribution in [0.4, 0.5) is 0 Å². The van der Waals surface area contributed by atoms with Crippen LogP contribution in [0.2, 0.25) is 0 Å². The van der Waals surface area contributed by atoms with Crippen molar-refractivity contribution in [2.75, 3.05) is 0 Å². The molecule has 0 N–H and O–H groups in total. The number of hydrogen-bond acceptors (Lipinski definition) is 3. The molecule has 0 aliphatic rings. The summed E-state index contributed by atoms with van der Waals surface area (Å²) in [6.07, 6.45) is 0. The lowest BCUT2D eigenvalue weighted by molar-refractivity contribution is 1.07. The van der Waals surface area contributed by atoms with Crippen LogP contribution in [0.15, 0.2) is 200 Å². The van der Waals surface area contributed by atoms with Gasteiger partial charge in [0.2, 0.25) is 0 Å². The standard InChI is InChI=1S/C49H33N3/c1-5-15-34(16-6-1)43-32-44(36-18-7-2-8-19-36)46(45(33-43)37-20-9-3-10-21-37)38-26-28-40(29-27-38)48-50-47(39-22-11-4-12-23-39)51-49(52-48)42-30-25-35-17-13-14-24-41(35)31-42/h1-33H. The molecule has 0 amide bonds. The van der Waals surface area contributed by atoms with Gasteiger partial charge in [-0.1, -0.05) is 182 Å². The van der Waals surface area contributed by atoms with Crippen molar-refractivity contribution in [2.45, 2.75) is 0 Å². The first-order valence-electron chi connectivity index (χ1n) is 17.5. The maximum Gasteiger partial charge on any atom is 0.164 e. The van der Waals surface area contributed by atoms with Crippen LogP contribution in [0, 0.1) is 0 Å². The molecule has 0 saturated heterocycles. The molecule has 0 unspecified atom stereocenters. The molecule has 0 aliphatic heterocycles. The van der Waals surface area contributed by atoms with Gasteiger partial charge in [0.15, 0.2) is 17.5 Å². The zero-order chi connectivity index (χ0) is 34.7. The lowest BCUT2D eigenvalue weighted by Gasteiger charge is -2.19. The van der Waals surface area contributed by atoms with Crippen molar-refractivity contribution in [3.05, 3.63) is 200 Å². The number of aromatic nitrogens is 3. The molecule has 9 rings (SSSR count). The fourth-order valence-electron chi connectivity index (χ4n) is 6.91. The molecular weight excluding hydrogens is 631 g/mol. The minimum absolute atomic E-state index is 0.634. The summed E-state index contributed by atoms with van der Waals surface area (Å²) in [7, 11) is 0. The minimum Gasteiger partial charge on any atom is -0.208 e. The van der Waals surface area contributed by atoms with Crippen LogP contribution in [0.5, 0.6) is 0 Å². The molecule has 8 aromatic carbocycles. The Morgan fingerprint density at radius 2 is 0.615 bits per heavy atom. The van der Waals surface area contributed by atoms with Crippen molar-refractivity contribution < 1.29 is 0 Å².